The highest BCUT2D eigenvalue weighted by molar-refractivity contribution is 5.85. The van der Waals surface area contributed by atoms with Gasteiger partial charge in [0.2, 0.25) is 5.91 Å². The minimum Gasteiger partial charge on any atom is -0.352 e. The number of rotatable bonds is 5. The average molecular weight is 495 g/mol. The zero-order valence-electron chi connectivity index (χ0n) is 19.6. The van der Waals surface area contributed by atoms with Crippen LogP contribution in [0.25, 0.3) is 22.0 Å². The monoisotopic (exact) mass is 494 g/mol. The first kappa shape index (κ1) is 22.8. The molecule has 0 radical (unpaired) electrons. The predicted molar refractivity (Wildman–Crippen MR) is 127 cm³/mol. The number of carbonyl (C=O) groups is 1. The van der Waals surface area contributed by atoms with Crippen molar-refractivity contribution in [3.63, 3.8) is 0 Å². The van der Waals surface area contributed by atoms with E-state index in [9.17, 15) is 23.2 Å². The van der Waals surface area contributed by atoms with Gasteiger partial charge in [-0.25, -0.2) is 4.98 Å². The second-order valence-corrected chi connectivity index (χ2v) is 10.1. The first-order chi connectivity index (χ1) is 17.3. The van der Waals surface area contributed by atoms with Crippen LogP contribution >= 0.6 is 0 Å². The summed E-state index contributed by atoms with van der Waals surface area (Å²) in [6, 6.07) is 9.89. The van der Waals surface area contributed by atoms with Gasteiger partial charge in [0.15, 0.2) is 0 Å². The summed E-state index contributed by atoms with van der Waals surface area (Å²) >= 11 is 0. The summed E-state index contributed by atoms with van der Waals surface area (Å²) in [5.41, 5.74) is 4.22. The summed E-state index contributed by atoms with van der Waals surface area (Å²) in [5, 5.41) is 18.1. The van der Waals surface area contributed by atoms with Gasteiger partial charge in [-0.2, -0.15) is 23.5 Å². The van der Waals surface area contributed by atoms with Crippen molar-refractivity contribution in [3.8, 4) is 17.2 Å². The average Bonchev–Trinajstić information content (AvgIpc) is 3.79. The molecule has 1 aliphatic heterocycles. The lowest BCUT2D eigenvalue weighted by molar-refractivity contribution is -0.163. The molecule has 2 aliphatic carbocycles. The summed E-state index contributed by atoms with van der Waals surface area (Å²) in [6.45, 7) is 0.930. The van der Waals surface area contributed by atoms with E-state index in [0.29, 0.717) is 30.4 Å². The molecule has 186 valence electrons. The molecule has 7 nitrogen and oxygen atoms in total. The molecular formula is C26H25F3N6O. The Labute approximate surface area is 205 Å². The Morgan fingerprint density at radius 2 is 1.97 bits per heavy atom. The van der Waals surface area contributed by atoms with Gasteiger partial charge in [-0.1, -0.05) is 6.07 Å². The number of hydrogen-bond acceptors (Lipinski definition) is 5. The number of amides is 1. The lowest BCUT2D eigenvalue weighted by atomic mass is 9.97. The van der Waals surface area contributed by atoms with Crippen LogP contribution in [0, 0.1) is 17.2 Å². The SMILES string of the molecule is N#Cc1cc(-c2ccc3[nH]ncc3c2)c(C2CC2)nc1N1CCN(C(=O)CC(F)(F)F)[C@H](C2CC2)C1. The number of hydrogen-bond donors (Lipinski definition) is 1. The highest BCUT2D eigenvalue weighted by Gasteiger charge is 2.44. The fourth-order valence-corrected chi connectivity index (χ4v) is 5.32. The smallest absolute Gasteiger partial charge is 0.352 e. The zero-order valence-corrected chi connectivity index (χ0v) is 19.6. The van der Waals surface area contributed by atoms with Crippen molar-refractivity contribution < 1.29 is 18.0 Å². The number of alkyl halides is 3. The molecule has 6 rings (SSSR count). The van der Waals surface area contributed by atoms with Crippen LogP contribution in [0.5, 0.6) is 0 Å². The maximum Gasteiger partial charge on any atom is 0.397 e. The minimum absolute atomic E-state index is 0.194. The molecule has 3 aliphatic rings. The van der Waals surface area contributed by atoms with E-state index in [1.165, 1.54) is 4.90 Å². The van der Waals surface area contributed by atoms with Gasteiger partial charge in [-0.05, 0) is 55.4 Å². The Balaban J connectivity index is 1.33. The van der Waals surface area contributed by atoms with Gasteiger partial charge in [0.05, 0.1) is 29.0 Å². The van der Waals surface area contributed by atoms with Gasteiger partial charge in [0.25, 0.3) is 0 Å². The third-order valence-electron chi connectivity index (χ3n) is 7.42. The van der Waals surface area contributed by atoms with E-state index < -0.39 is 18.5 Å². The van der Waals surface area contributed by atoms with E-state index >= 15 is 0 Å². The Hall–Kier alpha value is -3.61. The third-order valence-corrected chi connectivity index (χ3v) is 7.42. The third kappa shape index (κ3) is 4.38. The number of anilines is 1. The molecule has 1 N–H and O–H groups in total. The molecule has 3 aromatic rings. The summed E-state index contributed by atoms with van der Waals surface area (Å²) in [4.78, 5) is 20.9. The second-order valence-electron chi connectivity index (χ2n) is 10.1. The van der Waals surface area contributed by atoms with Gasteiger partial charge in [-0.15, -0.1) is 0 Å². The summed E-state index contributed by atoms with van der Waals surface area (Å²) in [7, 11) is 0. The Kier molecular flexibility index (Phi) is 5.39. The maximum atomic E-state index is 12.9. The number of aromatic amines is 1. The maximum absolute atomic E-state index is 12.9. The first-order valence-electron chi connectivity index (χ1n) is 12.3. The van der Waals surface area contributed by atoms with Crippen molar-refractivity contribution in [3.05, 3.63) is 41.7 Å². The normalized spacial score (nSPS) is 20.6. The second kappa shape index (κ2) is 8.50. The molecule has 1 amide bonds. The van der Waals surface area contributed by atoms with Crippen LogP contribution in [-0.2, 0) is 4.79 Å². The Morgan fingerprint density at radius 1 is 1.17 bits per heavy atom. The molecule has 1 atom stereocenters. The molecule has 3 heterocycles. The molecule has 1 aromatic carbocycles. The lowest BCUT2D eigenvalue weighted by Crippen LogP contribution is -2.57. The number of nitrogens with zero attached hydrogens (tertiary/aromatic N) is 5. The number of nitrogens with one attached hydrogen (secondary N) is 1. The summed E-state index contributed by atoms with van der Waals surface area (Å²) < 4.78 is 38.7. The van der Waals surface area contributed by atoms with Crippen molar-refractivity contribution in [1.82, 2.24) is 20.1 Å². The number of halogens is 3. The minimum atomic E-state index is -4.52. The quantitative estimate of drug-likeness (QED) is 0.553. The number of aromatic nitrogens is 3. The lowest BCUT2D eigenvalue weighted by Gasteiger charge is -2.42. The van der Waals surface area contributed by atoms with Crippen LogP contribution in [0.15, 0.2) is 30.5 Å². The highest BCUT2D eigenvalue weighted by atomic mass is 19.4. The van der Waals surface area contributed by atoms with Gasteiger partial charge in [0, 0.05) is 36.5 Å². The van der Waals surface area contributed by atoms with Crippen molar-refractivity contribution in [1.29, 1.82) is 5.26 Å². The molecule has 0 bridgehead atoms. The Morgan fingerprint density at radius 3 is 2.67 bits per heavy atom. The van der Waals surface area contributed by atoms with Gasteiger partial charge < -0.3 is 9.80 Å². The van der Waals surface area contributed by atoms with Crippen LogP contribution in [-0.4, -0.2) is 57.8 Å². The van der Waals surface area contributed by atoms with Crippen LogP contribution in [0.3, 0.4) is 0 Å². The van der Waals surface area contributed by atoms with E-state index in [2.05, 4.69) is 16.3 Å². The van der Waals surface area contributed by atoms with Crippen molar-refractivity contribution in [2.45, 2.75) is 50.2 Å². The fraction of sp³-hybridized carbons (Fsp3) is 0.462. The molecule has 2 saturated carbocycles. The first-order valence-corrected chi connectivity index (χ1v) is 12.3. The van der Waals surface area contributed by atoms with E-state index in [1.54, 1.807) is 6.20 Å². The van der Waals surface area contributed by atoms with Crippen molar-refractivity contribution >= 4 is 22.6 Å². The predicted octanol–water partition coefficient (Wildman–Crippen LogP) is 4.75. The van der Waals surface area contributed by atoms with Gasteiger partial charge in [0.1, 0.15) is 18.3 Å². The number of piperazine rings is 1. The van der Waals surface area contributed by atoms with Gasteiger partial charge >= 0.3 is 6.18 Å². The van der Waals surface area contributed by atoms with Crippen LogP contribution in [0.2, 0.25) is 0 Å². The van der Waals surface area contributed by atoms with E-state index in [4.69, 9.17) is 4.98 Å². The number of nitriles is 1. The molecule has 0 unspecified atom stereocenters. The number of carbonyl (C=O) groups excluding carboxylic acids is 1. The number of H-pyrrole nitrogens is 1. The zero-order chi connectivity index (χ0) is 25.0. The summed E-state index contributed by atoms with van der Waals surface area (Å²) in [6.07, 6.45) is -0.329. The van der Waals surface area contributed by atoms with Crippen LogP contribution < -0.4 is 4.90 Å². The number of pyridine rings is 1. The molecule has 36 heavy (non-hydrogen) atoms. The molecular weight excluding hydrogens is 469 g/mol. The fourth-order valence-electron chi connectivity index (χ4n) is 5.32. The standard InChI is InChI=1S/C26H25F3N6O/c27-26(28,29)11-23(36)35-8-7-34(14-22(35)15-1-2-15)25-18(12-30)10-20(24(32-25)16-3-4-16)17-5-6-21-19(9-17)13-31-33-21/h5-6,9-10,13,15-16,22H,1-4,7-8,11,14H2,(H,31,33)/t22-/m0/s1. The molecule has 1 saturated heterocycles. The van der Waals surface area contributed by atoms with Gasteiger partial charge in [-0.3, -0.25) is 9.89 Å². The highest BCUT2D eigenvalue weighted by Crippen LogP contribution is 2.46. The topological polar surface area (TPSA) is 88.9 Å². The van der Waals surface area contributed by atoms with Crippen molar-refractivity contribution in [2.75, 3.05) is 24.5 Å². The van der Waals surface area contributed by atoms with Crippen LogP contribution in [0.1, 0.15) is 49.3 Å². The van der Waals surface area contributed by atoms with E-state index in [1.807, 2.05) is 29.2 Å². The molecule has 0 spiro atoms. The molecule has 2 aromatic heterocycles. The molecule has 10 heteroatoms. The molecule has 3 fully saturated rings. The largest absolute Gasteiger partial charge is 0.397 e. The Bertz CT molecular complexity index is 1370. The summed E-state index contributed by atoms with van der Waals surface area (Å²) in [5.74, 6) is 0.220. The van der Waals surface area contributed by atoms with E-state index in [0.717, 1.165) is 53.4 Å². The van der Waals surface area contributed by atoms with E-state index in [-0.39, 0.29) is 18.5 Å². The van der Waals surface area contributed by atoms with Crippen molar-refractivity contribution in [2.24, 2.45) is 5.92 Å². The number of fused-ring (bicyclic) bond motifs is 1. The van der Waals surface area contributed by atoms with Crippen LogP contribution in [0.4, 0.5) is 19.0 Å². The number of benzene rings is 1.